The van der Waals surface area contributed by atoms with Gasteiger partial charge in [0.25, 0.3) is 5.91 Å². The molecule has 2 amide bonds. The number of benzene rings is 1. The maximum Gasteiger partial charge on any atom is 0.252 e. The van der Waals surface area contributed by atoms with Crippen LogP contribution in [0.15, 0.2) is 41.1 Å². The Hall–Kier alpha value is -2.18. The number of nitrogens with zero attached hydrogens (tertiary/aromatic N) is 1. The molecule has 0 aliphatic carbocycles. The van der Waals surface area contributed by atoms with Crippen molar-refractivity contribution in [2.45, 2.75) is 39.8 Å². The van der Waals surface area contributed by atoms with E-state index in [-0.39, 0.29) is 18.2 Å². The van der Waals surface area contributed by atoms with Crippen LogP contribution in [-0.2, 0) is 17.9 Å². The molecular weight excluding hydrogens is 382 g/mol. The topological polar surface area (TPSA) is 61.4 Å². The Kier molecular flexibility index (Phi) is 7.83. The lowest BCUT2D eigenvalue weighted by Gasteiger charge is -2.35. The molecule has 0 radical (unpaired) electrons. The molecule has 0 saturated carbocycles. The summed E-state index contributed by atoms with van der Waals surface area (Å²) in [6, 6.07) is 10.3. The van der Waals surface area contributed by atoms with E-state index in [1.165, 1.54) is 36.4 Å². The van der Waals surface area contributed by atoms with Crippen LogP contribution in [0.3, 0.4) is 0 Å². The van der Waals surface area contributed by atoms with Gasteiger partial charge in [0.15, 0.2) is 0 Å². The quantitative estimate of drug-likeness (QED) is 0.694. The summed E-state index contributed by atoms with van der Waals surface area (Å²) in [5, 5.41) is 9.35. The normalized spacial score (nSPS) is 19.7. The Morgan fingerprint density at radius 2 is 1.72 bits per heavy atom. The number of hydrogen-bond acceptors (Lipinski definition) is 4. The molecule has 5 nitrogen and oxygen atoms in total. The minimum atomic E-state index is -0.132. The molecule has 0 spiro atoms. The molecule has 6 heteroatoms. The largest absolute Gasteiger partial charge is 0.352 e. The molecule has 1 aromatic heterocycles. The highest BCUT2D eigenvalue weighted by atomic mass is 32.1. The van der Waals surface area contributed by atoms with Gasteiger partial charge >= 0.3 is 0 Å². The fourth-order valence-corrected chi connectivity index (χ4v) is 4.65. The van der Waals surface area contributed by atoms with Gasteiger partial charge in [0.05, 0.1) is 0 Å². The van der Waals surface area contributed by atoms with Crippen molar-refractivity contribution in [2.75, 3.05) is 19.6 Å². The molecule has 2 atom stereocenters. The molecular formula is C23H31N3O2S. The fourth-order valence-electron chi connectivity index (χ4n) is 4.02. The van der Waals surface area contributed by atoms with Gasteiger partial charge in [0, 0.05) is 50.1 Å². The first-order valence-electron chi connectivity index (χ1n) is 10.4. The summed E-state index contributed by atoms with van der Waals surface area (Å²) in [5.74, 6) is 1.34. The second-order valence-corrected chi connectivity index (χ2v) is 9.03. The van der Waals surface area contributed by atoms with Crippen LogP contribution in [0.4, 0.5) is 0 Å². The molecule has 1 aliphatic heterocycles. The number of carbonyl (C=O) groups excluding carboxylic acids is 2. The second kappa shape index (κ2) is 10.6. The number of likely N-dealkylation sites (tertiary alicyclic amines) is 1. The van der Waals surface area contributed by atoms with E-state index in [2.05, 4.69) is 53.6 Å². The van der Waals surface area contributed by atoms with Crippen molar-refractivity contribution in [3.63, 3.8) is 0 Å². The van der Waals surface area contributed by atoms with Gasteiger partial charge in [-0.15, -0.1) is 0 Å². The molecule has 0 unspecified atom stereocenters. The predicted octanol–water partition coefficient (Wildman–Crippen LogP) is 3.66. The van der Waals surface area contributed by atoms with Crippen molar-refractivity contribution < 1.29 is 9.59 Å². The lowest BCUT2D eigenvalue weighted by molar-refractivity contribution is -0.121. The number of thiophene rings is 1. The van der Waals surface area contributed by atoms with Crippen LogP contribution in [0.2, 0.25) is 0 Å². The van der Waals surface area contributed by atoms with Crippen LogP contribution >= 0.6 is 11.3 Å². The van der Waals surface area contributed by atoms with Gasteiger partial charge in [-0.25, -0.2) is 0 Å². The predicted molar refractivity (Wildman–Crippen MR) is 118 cm³/mol. The van der Waals surface area contributed by atoms with Crippen molar-refractivity contribution in [1.82, 2.24) is 15.5 Å². The van der Waals surface area contributed by atoms with E-state index in [0.717, 1.165) is 23.9 Å². The van der Waals surface area contributed by atoms with Crippen molar-refractivity contribution in [3.8, 4) is 0 Å². The minimum absolute atomic E-state index is 0.0593. The molecule has 1 fully saturated rings. The Balaban J connectivity index is 1.36. The Labute approximate surface area is 177 Å². The summed E-state index contributed by atoms with van der Waals surface area (Å²) in [6.45, 7) is 8.85. The first kappa shape index (κ1) is 21.5. The molecule has 2 aromatic rings. The van der Waals surface area contributed by atoms with Crippen LogP contribution in [-0.4, -0.2) is 36.3 Å². The molecule has 2 heterocycles. The zero-order valence-electron chi connectivity index (χ0n) is 17.3. The number of hydrogen-bond donors (Lipinski definition) is 2. The lowest BCUT2D eigenvalue weighted by Crippen LogP contribution is -2.38. The highest BCUT2D eigenvalue weighted by molar-refractivity contribution is 7.08. The minimum Gasteiger partial charge on any atom is -0.352 e. The highest BCUT2D eigenvalue weighted by Crippen LogP contribution is 2.22. The van der Waals surface area contributed by atoms with Gasteiger partial charge in [-0.2, -0.15) is 11.3 Å². The van der Waals surface area contributed by atoms with Crippen molar-refractivity contribution in [1.29, 1.82) is 0 Å². The number of piperidine rings is 1. The lowest BCUT2D eigenvalue weighted by atomic mass is 9.91. The summed E-state index contributed by atoms with van der Waals surface area (Å²) < 4.78 is 0. The van der Waals surface area contributed by atoms with Crippen LogP contribution in [0.1, 0.15) is 48.2 Å². The van der Waals surface area contributed by atoms with E-state index in [0.29, 0.717) is 18.7 Å². The van der Waals surface area contributed by atoms with Gasteiger partial charge in [0.1, 0.15) is 0 Å². The molecule has 1 saturated heterocycles. The van der Waals surface area contributed by atoms with E-state index in [4.69, 9.17) is 0 Å². The number of amides is 2. The molecule has 29 heavy (non-hydrogen) atoms. The van der Waals surface area contributed by atoms with Gasteiger partial charge in [0.2, 0.25) is 5.91 Å². The standard InChI is InChI=1S/C23H31N3O2S/c1-17-11-18(2)14-26(13-17)15-20-5-3-19(4-6-20)12-25-22(27)7-9-24-23(28)21-8-10-29-16-21/h3-6,8,10,16-18H,7,9,11-15H2,1-2H3,(H,24,28)(H,25,27)/t17-,18-/m0/s1. The number of nitrogens with one attached hydrogen (secondary N) is 2. The third-order valence-corrected chi connectivity index (χ3v) is 5.97. The maximum absolute atomic E-state index is 12.0. The molecule has 156 valence electrons. The molecule has 0 bridgehead atoms. The summed E-state index contributed by atoms with van der Waals surface area (Å²) >= 11 is 1.48. The summed E-state index contributed by atoms with van der Waals surface area (Å²) in [7, 11) is 0. The Morgan fingerprint density at radius 3 is 2.38 bits per heavy atom. The Morgan fingerprint density at radius 1 is 1.03 bits per heavy atom. The molecule has 1 aromatic carbocycles. The van der Waals surface area contributed by atoms with Crippen molar-refractivity contribution in [3.05, 3.63) is 57.8 Å². The summed E-state index contributed by atoms with van der Waals surface area (Å²) in [5.41, 5.74) is 3.05. The summed E-state index contributed by atoms with van der Waals surface area (Å²) in [4.78, 5) is 26.4. The highest BCUT2D eigenvalue weighted by Gasteiger charge is 2.21. The van der Waals surface area contributed by atoms with Crippen LogP contribution in [0.25, 0.3) is 0 Å². The zero-order chi connectivity index (χ0) is 20.6. The average molecular weight is 414 g/mol. The van der Waals surface area contributed by atoms with E-state index in [9.17, 15) is 9.59 Å². The maximum atomic E-state index is 12.0. The zero-order valence-corrected chi connectivity index (χ0v) is 18.1. The van der Waals surface area contributed by atoms with E-state index in [1.54, 1.807) is 11.4 Å². The number of rotatable bonds is 8. The van der Waals surface area contributed by atoms with Crippen LogP contribution < -0.4 is 10.6 Å². The SMILES string of the molecule is C[C@H]1C[C@H](C)CN(Cc2ccc(CNC(=O)CCNC(=O)c3ccsc3)cc2)C1. The fraction of sp³-hybridized carbons (Fsp3) is 0.478. The molecule has 1 aliphatic rings. The number of carbonyl (C=O) groups is 2. The van der Waals surface area contributed by atoms with Gasteiger partial charge < -0.3 is 10.6 Å². The van der Waals surface area contributed by atoms with Crippen LogP contribution in [0.5, 0.6) is 0 Å². The van der Waals surface area contributed by atoms with Crippen molar-refractivity contribution in [2.24, 2.45) is 11.8 Å². The average Bonchev–Trinajstić information content (AvgIpc) is 3.21. The van der Waals surface area contributed by atoms with E-state index < -0.39 is 0 Å². The molecule has 2 N–H and O–H groups in total. The summed E-state index contributed by atoms with van der Waals surface area (Å²) in [6.07, 6.45) is 1.60. The Bertz CT molecular complexity index is 779. The van der Waals surface area contributed by atoms with Gasteiger partial charge in [-0.1, -0.05) is 38.1 Å². The smallest absolute Gasteiger partial charge is 0.252 e. The first-order valence-corrected chi connectivity index (χ1v) is 11.3. The third-order valence-electron chi connectivity index (χ3n) is 5.28. The van der Waals surface area contributed by atoms with Gasteiger partial charge in [-0.05, 0) is 40.8 Å². The van der Waals surface area contributed by atoms with Crippen molar-refractivity contribution >= 4 is 23.2 Å². The second-order valence-electron chi connectivity index (χ2n) is 8.25. The monoisotopic (exact) mass is 413 g/mol. The van der Waals surface area contributed by atoms with E-state index in [1.807, 2.05) is 5.38 Å². The van der Waals surface area contributed by atoms with E-state index >= 15 is 0 Å². The van der Waals surface area contributed by atoms with Crippen LogP contribution in [0, 0.1) is 11.8 Å². The molecule has 3 rings (SSSR count). The first-order chi connectivity index (χ1) is 14.0. The third kappa shape index (κ3) is 6.98. The van der Waals surface area contributed by atoms with Gasteiger partial charge in [-0.3, -0.25) is 14.5 Å².